The normalized spacial score (nSPS) is 21.4. The van der Waals surface area contributed by atoms with E-state index in [9.17, 15) is 4.79 Å². The maximum absolute atomic E-state index is 12.6. The molecule has 7 heteroatoms. The summed E-state index contributed by atoms with van der Waals surface area (Å²) in [5.41, 5.74) is 4.41. The molecule has 2 aliphatic heterocycles. The van der Waals surface area contributed by atoms with Crippen molar-refractivity contribution in [2.75, 3.05) is 13.1 Å². The largest absolute Gasteiger partial charge is 0.316 e. The van der Waals surface area contributed by atoms with Crippen LogP contribution in [0.1, 0.15) is 18.0 Å². The van der Waals surface area contributed by atoms with Crippen LogP contribution in [0.3, 0.4) is 0 Å². The van der Waals surface area contributed by atoms with Crippen molar-refractivity contribution in [3.05, 3.63) is 52.8 Å². The Balaban J connectivity index is 0.00000157. The number of aromatic nitrogens is 4. The summed E-state index contributed by atoms with van der Waals surface area (Å²) in [6.07, 6.45) is 6.22. The van der Waals surface area contributed by atoms with E-state index in [1.165, 1.54) is 0 Å². The molecule has 0 aliphatic carbocycles. The first kappa shape index (κ1) is 16.2. The SMILES string of the molecule is Cl.O=c1cc(-c2cnc3nccnc3c2)cc2n1C[C@@H]1CNC[C@H]2C1. The molecule has 5 rings (SSSR count). The Kier molecular flexibility index (Phi) is 4.01. The number of halogens is 1. The quantitative estimate of drug-likeness (QED) is 0.722. The molecule has 0 spiro atoms. The average molecular weight is 356 g/mol. The van der Waals surface area contributed by atoms with Crippen molar-refractivity contribution in [2.24, 2.45) is 5.92 Å². The molecule has 1 N–H and O–H groups in total. The maximum Gasteiger partial charge on any atom is 0.251 e. The van der Waals surface area contributed by atoms with E-state index in [1.807, 2.05) is 10.6 Å². The van der Waals surface area contributed by atoms with E-state index >= 15 is 0 Å². The third kappa shape index (κ3) is 2.71. The second-order valence-corrected chi connectivity index (χ2v) is 6.70. The molecular formula is C18H18ClN5O. The molecule has 2 aliphatic rings. The molecule has 2 bridgehead atoms. The zero-order valence-corrected chi connectivity index (χ0v) is 14.4. The Morgan fingerprint density at radius 3 is 2.84 bits per heavy atom. The van der Waals surface area contributed by atoms with Crippen LogP contribution in [-0.2, 0) is 6.54 Å². The first-order chi connectivity index (χ1) is 11.8. The van der Waals surface area contributed by atoms with Gasteiger partial charge in [0.05, 0.1) is 0 Å². The van der Waals surface area contributed by atoms with Crippen LogP contribution in [-0.4, -0.2) is 32.6 Å². The number of rotatable bonds is 1. The van der Waals surface area contributed by atoms with Crippen LogP contribution in [0.15, 0.2) is 41.6 Å². The number of piperidine rings is 1. The second-order valence-electron chi connectivity index (χ2n) is 6.70. The van der Waals surface area contributed by atoms with Gasteiger partial charge in [-0.1, -0.05) is 0 Å². The van der Waals surface area contributed by atoms with Gasteiger partial charge in [0.15, 0.2) is 5.65 Å². The van der Waals surface area contributed by atoms with Crippen molar-refractivity contribution in [2.45, 2.75) is 18.9 Å². The highest BCUT2D eigenvalue weighted by Gasteiger charge is 2.31. The molecule has 0 amide bonds. The predicted molar refractivity (Wildman–Crippen MR) is 98.0 cm³/mol. The molecule has 0 saturated carbocycles. The van der Waals surface area contributed by atoms with Gasteiger partial charge in [-0.2, -0.15) is 0 Å². The van der Waals surface area contributed by atoms with Crippen LogP contribution in [0.4, 0.5) is 0 Å². The molecule has 3 aromatic rings. The van der Waals surface area contributed by atoms with Crippen molar-refractivity contribution in [3.63, 3.8) is 0 Å². The van der Waals surface area contributed by atoms with Crippen molar-refractivity contribution in [1.82, 2.24) is 24.8 Å². The summed E-state index contributed by atoms with van der Waals surface area (Å²) < 4.78 is 1.96. The first-order valence-electron chi connectivity index (χ1n) is 8.30. The van der Waals surface area contributed by atoms with Crippen molar-refractivity contribution in [3.8, 4) is 11.1 Å². The zero-order chi connectivity index (χ0) is 16.1. The maximum atomic E-state index is 12.6. The minimum atomic E-state index is 0. The smallest absolute Gasteiger partial charge is 0.251 e. The third-order valence-electron chi connectivity index (χ3n) is 5.12. The number of pyridine rings is 2. The van der Waals surface area contributed by atoms with E-state index in [-0.39, 0.29) is 18.0 Å². The lowest BCUT2D eigenvalue weighted by Gasteiger charge is -2.37. The molecule has 0 aromatic carbocycles. The van der Waals surface area contributed by atoms with Gasteiger partial charge in [0.2, 0.25) is 0 Å². The van der Waals surface area contributed by atoms with Gasteiger partial charge in [0.1, 0.15) is 5.52 Å². The minimum Gasteiger partial charge on any atom is -0.316 e. The van der Waals surface area contributed by atoms with E-state index < -0.39 is 0 Å². The van der Waals surface area contributed by atoms with E-state index in [2.05, 4.69) is 26.3 Å². The monoisotopic (exact) mass is 355 g/mol. The minimum absolute atomic E-state index is 0. The number of fused-ring (bicyclic) bond motifs is 5. The summed E-state index contributed by atoms with van der Waals surface area (Å²) in [5, 5.41) is 3.48. The molecule has 25 heavy (non-hydrogen) atoms. The summed E-state index contributed by atoms with van der Waals surface area (Å²) in [5.74, 6) is 0.982. The van der Waals surface area contributed by atoms with Gasteiger partial charge in [-0.15, -0.1) is 12.4 Å². The Bertz CT molecular complexity index is 1000. The van der Waals surface area contributed by atoms with Crippen LogP contribution < -0.4 is 10.9 Å². The molecule has 0 radical (unpaired) electrons. The zero-order valence-electron chi connectivity index (χ0n) is 13.6. The predicted octanol–water partition coefficient (Wildman–Crippen LogP) is 1.98. The van der Waals surface area contributed by atoms with Gasteiger partial charge in [-0.25, -0.2) is 9.97 Å². The molecular weight excluding hydrogens is 338 g/mol. The molecule has 2 atom stereocenters. The standard InChI is InChI=1S/C18H17N5O.ClH/c24-17-6-12(13-4-15-18(22-9-13)21-2-1-20-15)5-16-14-3-11(7-19-8-14)10-23(16)17;/h1-2,4-6,9,11,14,19H,3,7-8,10H2;1H/t11-,14+;/m0./s1. The van der Waals surface area contributed by atoms with Crippen molar-refractivity contribution in [1.29, 1.82) is 0 Å². The molecule has 5 heterocycles. The molecule has 1 fully saturated rings. The van der Waals surface area contributed by atoms with Crippen LogP contribution in [0.2, 0.25) is 0 Å². The van der Waals surface area contributed by atoms with E-state index in [0.717, 1.165) is 48.4 Å². The molecule has 128 valence electrons. The van der Waals surface area contributed by atoms with Crippen molar-refractivity contribution >= 4 is 23.6 Å². The fourth-order valence-corrected chi connectivity index (χ4v) is 3.99. The summed E-state index contributed by atoms with van der Waals surface area (Å²) in [6, 6.07) is 5.82. The van der Waals surface area contributed by atoms with E-state index in [0.29, 0.717) is 17.5 Å². The fourth-order valence-electron chi connectivity index (χ4n) is 3.99. The highest BCUT2D eigenvalue weighted by molar-refractivity contribution is 5.85. The van der Waals surface area contributed by atoms with Crippen molar-refractivity contribution < 1.29 is 0 Å². The van der Waals surface area contributed by atoms with Gasteiger partial charge in [-0.05, 0) is 36.6 Å². The van der Waals surface area contributed by atoms with Gasteiger partial charge >= 0.3 is 0 Å². The summed E-state index contributed by atoms with van der Waals surface area (Å²) in [4.78, 5) is 25.5. The van der Waals surface area contributed by atoms with E-state index in [4.69, 9.17) is 0 Å². The van der Waals surface area contributed by atoms with Gasteiger partial charge in [0.25, 0.3) is 5.56 Å². The lowest BCUT2D eigenvalue weighted by molar-refractivity contribution is 0.257. The number of nitrogens with zero attached hydrogens (tertiary/aromatic N) is 4. The first-order valence-corrected chi connectivity index (χ1v) is 8.30. The summed E-state index contributed by atoms with van der Waals surface area (Å²) in [6.45, 7) is 2.78. The van der Waals surface area contributed by atoms with Crippen LogP contribution in [0, 0.1) is 5.92 Å². The lowest BCUT2D eigenvalue weighted by atomic mass is 9.83. The van der Waals surface area contributed by atoms with Crippen LogP contribution in [0.25, 0.3) is 22.3 Å². The average Bonchev–Trinajstić information content (AvgIpc) is 2.62. The highest BCUT2D eigenvalue weighted by Crippen LogP contribution is 2.33. The highest BCUT2D eigenvalue weighted by atomic mass is 35.5. The molecule has 6 nitrogen and oxygen atoms in total. The summed E-state index contributed by atoms with van der Waals surface area (Å²) in [7, 11) is 0. The van der Waals surface area contributed by atoms with Gasteiger partial charge in [0, 0.05) is 54.9 Å². The Morgan fingerprint density at radius 2 is 1.92 bits per heavy atom. The van der Waals surface area contributed by atoms with Crippen LogP contribution >= 0.6 is 12.4 Å². The number of nitrogens with one attached hydrogen (secondary N) is 1. The topological polar surface area (TPSA) is 72.7 Å². The Labute approximate surface area is 150 Å². The number of hydrogen-bond donors (Lipinski definition) is 1. The lowest BCUT2D eigenvalue weighted by Crippen LogP contribution is -2.44. The van der Waals surface area contributed by atoms with Crippen LogP contribution in [0.5, 0.6) is 0 Å². The third-order valence-corrected chi connectivity index (χ3v) is 5.12. The van der Waals surface area contributed by atoms with E-state index in [1.54, 1.807) is 24.7 Å². The Morgan fingerprint density at radius 1 is 1.04 bits per heavy atom. The fraction of sp³-hybridized carbons (Fsp3) is 0.333. The molecule has 3 aromatic heterocycles. The molecule has 1 saturated heterocycles. The summed E-state index contributed by atoms with van der Waals surface area (Å²) >= 11 is 0. The van der Waals surface area contributed by atoms with Gasteiger partial charge < -0.3 is 9.88 Å². The van der Waals surface area contributed by atoms with Gasteiger partial charge in [-0.3, -0.25) is 9.78 Å². The number of hydrogen-bond acceptors (Lipinski definition) is 5. The molecule has 0 unspecified atom stereocenters. The Hall–Kier alpha value is -2.31. The second kappa shape index (κ2) is 6.20.